The summed E-state index contributed by atoms with van der Waals surface area (Å²) in [5, 5.41) is 0. The van der Waals surface area contributed by atoms with E-state index in [0.717, 1.165) is 11.3 Å². The van der Waals surface area contributed by atoms with Gasteiger partial charge in [-0.3, -0.25) is 4.98 Å². The summed E-state index contributed by atoms with van der Waals surface area (Å²) in [6.07, 6.45) is 1.70. The first-order valence-corrected chi connectivity index (χ1v) is 6.62. The molecule has 0 amide bonds. The topological polar surface area (TPSA) is 38.9 Å². The number of nitrogens with zero attached hydrogens (tertiary/aromatic N) is 1. The average Bonchev–Trinajstić information content (AvgIpc) is 2.49. The zero-order valence-corrected chi connectivity index (χ0v) is 11.4. The lowest BCUT2D eigenvalue weighted by atomic mass is 9.95. The van der Waals surface area contributed by atoms with Gasteiger partial charge in [-0.05, 0) is 36.2 Å². The van der Waals surface area contributed by atoms with Crippen molar-refractivity contribution >= 4 is 5.69 Å². The minimum atomic E-state index is 0.683. The third kappa shape index (κ3) is 2.41. The molecule has 20 heavy (non-hydrogen) atoms. The van der Waals surface area contributed by atoms with Gasteiger partial charge in [-0.1, -0.05) is 48.0 Å². The van der Waals surface area contributed by atoms with Crippen molar-refractivity contribution in [3.05, 3.63) is 72.4 Å². The van der Waals surface area contributed by atoms with Gasteiger partial charge in [0, 0.05) is 5.56 Å². The van der Waals surface area contributed by atoms with E-state index in [-0.39, 0.29) is 0 Å². The molecular weight excluding hydrogens is 244 g/mol. The summed E-state index contributed by atoms with van der Waals surface area (Å²) in [5.41, 5.74) is 12.1. The van der Waals surface area contributed by atoms with Crippen molar-refractivity contribution in [1.29, 1.82) is 0 Å². The first kappa shape index (κ1) is 12.4. The van der Waals surface area contributed by atoms with E-state index in [1.807, 2.05) is 18.2 Å². The van der Waals surface area contributed by atoms with E-state index in [1.54, 1.807) is 6.20 Å². The van der Waals surface area contributed by atoms with E-state index in [0.29, 0.717) is 5.69 Å². The summed E-state index contributed by atoms with van der Waals surface area (Å²) in [6, 6.07) is 20.7. The zero-order valence-electron chi connectivity index (χ0n) is 11.4. The summed E-state index contributed by atoms with van der Waals surface area (Å²) in [5.74, 6) is 0. The lowest BCUT2D eigenvalue weighted by Gasteiger charge is -2.11. The Balaban J connectivity index is 2.19. The van der Waals surface area contributed by atoms with Crippen molar-refractivity contribution in [2.45, 2.75) is 6.92 Å². The van der Waals surface area contributed by atoms with Crippen LogP contribution in [-0.2, 0) is 0 Å². The van der Waals surface area contributed by atoms with Gasteiger partial charge in [0.2, 0.25) is 0 Å². The Hall–Kier alpha value is -2.61. The molecule has 3 rings (SSSR count). The molecular formula is C18H16N2. The lowest BCUT2D eigenvalue weighted by Crippen LogP contribution is -1.91. The molecule has 0 spiro atoms. The second kappa shape index (κ2) is 5.17. The molecule has 0 unspecified atom stereocenters. The van der Waals surface area contributed by atoms with E-state index in [2.05, 4.69) is 54.4 Å². The maximum absolute atomic E-state index is 5.72. The highest BCUT2D eigenvalue weighted by atomic mass is 14.7. The monoisotopic (exact) mass is 260 g/mol. The Morgan fingerprint density at radius 1 is 0.850 bits per heavy atom. The first-order chi connectivity index (χ1) is 9.74. The maximum atomic E-state index is 5.72. The molecule has 2 aromatic carbocycles. The number of benzene rings is 2. The molecule has 0 atom stereocenters. The van der Waals surface area contributed by atoms with Crippen LogP contribution in [0.4, 0.5) is 5.69 Å². The lowest BCUT2D eigenvalue weighted by molar-refractivity contribution is 1.32. The van der Waals surface area contributed by atoms with Crippen LogP contribution in [0.15, 0.2) is 66.9 Å². The first-order valence-electron chi connectivity index (χ1n) is 6.62. The molecule has 2 heteroatoms. The van der Waals surface area contributed by atoms with Crippen LogP contribution < -0.4 is 5.73 Å². The molecule has 0 fully saturated rings. The Labute approximate surface area is 118 Å². The van der Waals surface area contributed by atoms with Crippen molar-refractivity contribution < 1.29 is 0 Å². The van der Waals surface area contributed by atoms with Crippen LogP contribution in [0.5, 0.6) is 0 Å². The van der Waals surface area contributed by atoms with E-state index in [9.17, 15) is 0 Å². The Morgan fingerprint density at radius 2 is 1.65 bits per heavy atom. The number of rotatable bonds is 2. The average molecular weight is 260 g/mol. The summed E-state index contributed by atoms with van der Waals surface area (Å²) >= 11 is 0. The molecule has 0 bridgehead atoms. The maximum Gasteiger partial charge on any atom is 0.0709 e. The van der Waals surface area contributed by atoms with Gasteiger partial charge in [-0.15, -0.1) is 0 Å². The van der Waals surface area contributed by atoms with Crippen LogP contribution in [0.2, 0.25) is 0 Å². The summed E-state index contributed by atoms with van der Waals surface area (Å²) in [4.78, 5) is 4.45. The number of aromatic nitrogens is 1. The minimum absolute atomic E-state index is 0.683. The van der Waals surface area contributed by atoms with Gasteiger partial charge in [-0.2, -0.15) is 0 Å². The molecule has 3 aromatic rings. The van der Waals surface area contributed by atoms with E-state index < -0.39 is 0 Å². The number of nitrogens with two attached hydrogens (primary N) is 1. The van der Waals surface area contributed by atoms with Gasteiger partial charge in [0.05, 0.1) is 17.6 Å². The number of nitrogen functional groups attached to an aromatic ring is 1. The Kier molecular flexibility index (Phi) is 3.21. The molecule has 2 nitrogen and oxygen atoms in total. The van der Waals surface area contributed by atoms with Crippen molar-refractivity contribution in [2.24, 2.45) is 0 Å². The third-order valence-electron chi connectivity index (χ3n) is 3.32. The molecule has 0 radical (unpaired) electrons. The number of anilines is 1. The van der Waals surface area contributed by atoms with Gasteiger partial charge >= 0.3 is 0 Å². The van der Waals surface area contributed by atoms with Crippen LogP contribution in [0, 0.1) is 6.92 Å². The standard InChI is InChI=1S/C18H16N2/c1-13-7-9-16(14-5-3-2-4-6-14)17(11-13)18-10-8-15(19)12-20-18/h2-12H,19H2,1H3. The Bertz CT molecular complexity index is 716. The van der Waals surface area contributed by atoms with E-state index >= 15 is 0 Å². The van der Waals surface area contributed by atoms with Crippen LogP contribution in [0.25, 0.3) is 22.4 Å². The highest BCUT2D eigenvalue weighted by Crippen LogP contribution is 2.31. The molecule has 0 saturated heterocycles. The smallest absolute Gasteiger partial charge is 0.0709 e. The summed E-state index contributed by atoms with van der Waals surface area (Å²) in [7, 11) is 0. The predicted molar refractivity (Wildman–Crippen MR) is 84.3 cm³/mol. The highest BCUT2D eigenvalue weighted by molar-refractivity contribution is 5.82. The van der Waals surface area contributed by atoms with Crippen LogP contribution in [-0.4, -0.2) is 4.98 Å². The van der Waals surface area contributed by atoms with Crippen molar-refractivity contribution in [2.75, 3.05) is 5.73 Å². The SMILES string of the molecule is Cc1ccc(-c2ccccc2)c(-c2ccc(N)cn2)c1. The summed E-state index contributed by atoms with van der Waals surface area (Å²) in [6.45, 7) is 2.09. The number of aryl methyl sites for hydroxylation is 1. The fraction of sp³-hybridized carbons (Fsp3) is 0.0556. The fourth-order valence-corrected chi connectivity index (χ4v) is 2.30. The quantitative estimate of drug-likeness (QED) is 0.745. The van der Waals surface area contributed by atoms with Crippen LogP contribution >= 0.6 is 0 Å². The molecule has 98 valence electrons. The largest absolute Gasteiger partial charge is 0.397 e. The highest BCUT2D eigenvalue weighted by Gasteiger charge is 2.08. The second-order valence-electron chi connectivity index (χ2n) is 4.89. The van der Waals surface area contributed by atoms with Crippen molar-refractivity contribution in [3.8, 4) is 22.4 Å². The van der Waals surface area contributed by atoms with Gasteiger partial charge in [-0.25, -0.2) is 0 Å². The van der Waals surface area contributed by atoms with Crippen molar-refractivity contribution in [3.63, 3.8) is 0 Å². The number of hydrogen-bond acceptors (Lipinski definition) is 2. The molecule has 1 aromatic heterocycles. The van der Waals surface area contributed by atoms with Gasteiger partial charge in [0.25, 0.3) is 0 Å². The second-order valence-corrected chi connectivity index (χ2v) is 4.89. The van der Waals surface area contributed by atoms with Crippen LogP contribution in [0.1, 0.15) is 5.56 Å². The molecule has 0 aliphatic heterocycles. The van der Waals surface area contributed by atoms with Crippen molar-refractivity contribution in [1.82, 2.24) is 4.98 Å². The zero-order chi connectivity index (χ0) is 13.9. The molecule has 1 heterocycles. The number of pyridine rings is 1. The fourth-order valence-electron chi connectivity index (χ4n) is 2.30. The van der Waals surface area contributed by atoms with Gasteiger partial charge < -0.3 is 5.73 Å². The van der Waals surface area contributed by atoms with Gasteiger partial charge in [0.1, 0.15) is 0 Å². The minimum Gasteiger partial charge on any atom is -0.397 e. The third-order valence-corrected chi connectivity index (χ3v) is 3.32. The van der Waals surface area contributed by atoms with Gasteiger partial charge in [0.15, 0.2) is 0 Å². The van der Waals surface area contributed by atoms with E-state index in [4.69, 9.17) is 5.73 Å². The molecule has 0 aliphatic carbocycles. The molecule has 2 N–H and O–H groups in total. The normalized spacial score (nSPS) is 10.4. The molecule has 0 saturated carbocycles. The predicted octanol–water partition coefficient (Wildman–Crippen LogP) is 4.31. The number of hydrogen-bond donors (Lipinski definition) is 1. The van der Waals surface area contributed by atoms with E-state index in [1.165, 1.54) is 16.7 Å². The molecule has 0 aliphatic rings. The Morgan fingerprint density at radius 3 is 2.35 bits per heavy atom. The summed E-state index contributed by atoms with van der Waals surface area (Å²) < 4.78 is 0. The van der Waals surface area contributed by atoms with Crippen LogP contribution in [0.3, 0.4) is 0 Å².